The van der Waals surface area contributed by atoms with Crippen LogP contribution in [0, 0.1) is 17.2 Å². The molecule has 0 radical (unpaired) electrons. The fourth-order valence-electron chi connectivity index (χ4n) is 3.97. The van der Waals surface area contributed by atoms with E-state index in [1.807, 2.05) is 6.07 Å². The molecule has 1 aliphatic rings. The molecule has 2 aromatic carbocycles. The van der Waals surface area contributed by atoms with E-state index in [9.17, 15) is 54.8 Å². The molecule has 0 aliphatic carbocycles. The summed E-state index contributed by atoms with van der Waals surface area (Å²) in [5.41, 5.74) is 5.13. The second-order valence-electron chi connectivity index (χ2n) is 9.36. The third-order valence-corrected chi connectivity index (χ3v) is 6.13. The first-order chi connectivity index (χ1) is 20.0. The minimum Gasteiger partial charge on any atom is -0.370 e. The van der Waals surface area contributed by atoms with E-state index in [1.54, 1.807) is 6.07 Å². The molecule has 0 spiro atoms. The number of benzene rings is 2. The fourth-order valence-corrected chi connectivity index (χ4v) is 3.97. The van der Waals surface area contributed by atoms with Crippen LogP contribution < -0.4 is 21.3 Å². The molecule has 2 aromatic rings. The number of para-hydroxylation sites is 1. The van der Waals surface area contributed by atoms with Gasteiger partial charge in [-0.05, 0) is 30.7 Å². The molecular formula is C27H27F8N5O3. The average Bonchev–Trinajstić information content (AvgIpc) is 3.06. The number of carbonyl (C=O) groups excluding carboxylic acids is 3. The molecule has 2 unspecified atom stereocenters. The van der Waals surface area contributed by atoms with Crippen LogP contribution in [0.3, 0.4) is 0 Å². The Bertz CT molecular complexity index is 1340. The second-order valence-corrected chi connectivity index (χ2v) is 9.36. The molecule has 0 bridgehead atoms. The van der Waals surface area contributed by atoms with E-state index < -0.39 is 79.7 Å². The molecule has 2 atom stereocenters. The summed E-state index contributed by atoms with van der Waals surface area (Å²) in [6.45, 7) is 0.773. The molecule has 0 saturated heterocycles. The van der Waals surface area contributed by atoms with E-state index in [2.05, 4.69) is 10.6 Å². The van der Waals surface area contributed by atoms with Gasteiger partial charge in [0, 0.05) is 36.4 Å². The number of carbonyl (C=O) groups is 3. The van der Waals surface area contributed by atoms with Crippen LogP contribution in [0.2, 0.25) is 0 Å². The molecule has 1 aliphatic heterocycles. The molecule has 0 fully saturated rings. The number of anilines is 3. The molecule has 0 saturated carbocycles. The minimum atomic E-state index is -4.59. The number of nitrogens with zero attached hydrogens (tertiary/aromatic N) is 2. The van der Waals surface area contributed by atoms with Crippen LogP contribution in [0.4, 0.5) is 52.2 Å². The highest BCUT2D eigenvalue weighted by atomic mass is 19.4. The van der Waals surface area contributed by atoms with Crippen molar-refractivity contribution < 1.29 is 49.5 Å². The maximum absolute atomic E-state index is 13.8. The summed E-state index contributed by atoms with van der Waals surface area (Å²) in [6, 6.07) is 10.5. The van der Waals surface area contributed by atoms with E-state index in [-0.39, 0.29) is 23.5 Å². The number of nitrogens with two attached hydrogens (primary N) is 1. The highest BCUT2D eigenvalue weighted by molar-refractivity contribution is 6.03. The van der Waals surface area contributed by atoms with Gasteiger partial charge in [-0.1, -0.05) is 25.1 Å². The predicted molar refractivity (Wildman–Crippen MR) is 139 cm³/mol. The van der Waals surface area contributed by atoms with E-state index in [4.69, 9.17) is 5.73 Å². The normalized spacial score (nSPS) is 15.7. The van der Waals surface area contributed by atoms with Crippen LogP contribution in [0.1, 0.15) is 50.2 Å². The third-order valence-electron chi connectivity index (χ3n) is 6.13. The summed E-state index contributed by atoms with van der Waals surface area (Å²) >= 11 is 0. The van der Waals surface area contributed by atoms with E-state index in [0.29, 0.717) is 5.69 Å². The quantitative estimate of drug-likeness (QED) is 0.318. The Kier molecular flexibility index (Phi) is 11.9. The maximum Gasteiger partial charge on any atom is 0.389 e. The number of primary amides is 1. The topological polar surface area (TPSA) is 128 Å². The lowest BCUT2D eigenvalue weighted by atomic mass is 9.97. The van der Waals surface area contributed by atoms with Gasteiger partial charge in [0.1, 0.15) is 6.04 Å². The summed E-state index contributed by atoms with van der Waals surface area (Å²) in [4.78, 5) is 38.7. The Morgan fingerprint density at radius 2 is 1.74 bits per heavy atom. The Morgan fingerprint density at radius 1 is 1.12 bits per heavy atom. The van der Waals surface area contributed by atoms with E-state index in [1.165, 1.54) is 35.2 Å². The molecule has 4 N–H and O–H groups in total. The first kappa shape index (κ1) is 34.8. The van der Waals surface area contributed by atoms with Crippen molar-refractivity contribution in [3.63, 3.8) is 0 Å². The van der Waals surface area contributed by atoms with Crippen molar-refractivity contribution in [2.24, 2.45) is 11.7 Å². The summed E-state index contributed by atoms with van der Waals surface area (Å²) in [5.74, 6) is -4.38. The van der Waals surface area contributed by atoms with Crippen molar-refractivity contribution in [1.82, 2.24) is 5.32 Å². The molecule has 0 aromatic heterocycles. The first-order valence-electron chi connectivity index (χ1n) is 12.7. The number of amides is 3. The van der Waals surface area contributed by atoms with Gasteiger partial charge < -0.3 is 21.3 Å². The zero-order valence-corrected chi connectivity index (χ0v) is 22.5. The standard InChI is InChI=1S/C24H22F5N5O3.C3H5F3/c25-21(26)16-5-2-6-18-20(16)33-23(37)17(12-34(18)15-4-1-3-13(9-15)11-30)32-22(36)14(10-19(31)35)7-8-24(27,28)29;1-2-3(4,5)6/h1-6,9,14,17,21H,7-8,10,12H2,(H2,31,35)(H,32,36)(H,33,37);2H2,1H3. The molecule has 8 nitrogen and oxygen atoms in total. The molecule has 16 heteroatoms. The Balaban J connectivity index is 0.000000973. The second kappa shape index (κ2) is 14.7. The largest absolute Gasteiger partial charge is 0.389 e. The van der Waals surface area contributed by atoms with Gasteiger partial charge in [0.05, 0.1) is 29.6 Å². The molecule has 3 amide bonds. The van der Waals surface area contributed by atoms with Gasteiger partial charge in [0.2, 0.25) is 17.7 Å². The van der Waals surface area contributed by atoms with Crippen LogP contribution in [-0.4, -0.2) is 42.7 Å². The van der Waals surface area contributed by atoms with Crippen molar-refractivity contribution in [1.29, 1.82) is 5.26 Å². The Labute approximate surface area is 240 Å². The van der Waals surface area contributed by atoms with Crippen LogP contribution in [0.25, 0.3) is 0 Å². The molecule has 3 rings (SSSR count). The zero-order valence-electron chi connectivity index (χ0n) is 22.5. The lowest BCUT2D eigenvalue weighted by molar-refractivity contribution is -0.143. The van der Waals surface area contributed by atoms with Gasteiger partial charge in [-0.3, -0.25) is 14.4 Å². The van der Waals surface area contributed by atoms with Gasteiger partial charge >= 0.3 is 12.4 Å². The van der Waals surface area contributed by atoms with Gasteiger partial charge in [-0.2, -0.15) is 31.6 Å². The summed E-state index contributed by atoms with van der Waals surface area (Å²) in [5, 5.41) is 14.0. The first-order valence-corrected chi connectivity index (χ1v) is 12.7. The van der Waals surface area contributed by atoms with Gasteiger partial charge in [0.25, 0.3) is 6.43 Å². The lowest BCUT2D eigenvalue weighted by Gasteiger charge is -2.28. The smallest absolute Gasteiger partial charge is 0.370 e. The highest BCUT2D eigenvalue weighted by Gasteiger charge is 2.36. The molecule has 234 valence electrons. The van der Waals surface area contributed by atoms with E-state index in [0.717, 1.165) is 13.0 Å². The molecule has 43 heavy (non-hydrogen) atoms. The van der Waals surface area contributed by atoms with Gasteiger partial charge in [-0.15, -0.1) is 0 Å². The van der Waals surface area contributed by atoms with Gasteiger partial charge in [-0.25, -0.2) is 8.78 Å². The van der Waals surface area contributed by atoms with Crippen molar-refractivity contribution in [2.45, 2.75) is 57.4 Å². The molecule has 1 heterocycles. The average molecular weight is 622 g/mol. The lowest BCUT2D eigenvalue weighted by Crippen LogP contribution is -2.50. The van der Waals surface area contributed by atoms with Crippen LogP contribution in [0.15, 0.2) is 42.5 Å². The Hall–Kier alpha value is -4.42. The number of halogens is 8. The number of hydrogen-bond donors (Lipinski definition) is 3. The Morgan fingerprint density at radius 3 is 2.28 bits per heavy atom. The van der Waals surface area contributed by atoms with Crippen LogP contribution in [-0.2, 0) is 14.4 Å². The number of alkyl halides is 8. The number of rotatable bonds is 8. The van der Waals surface area contributed by atoms with Crippen LogP contribution >= 0.6 is 0 Å². The summed E-state index contributed by atoms with van der Waals surface area (Å²) in [7, 11) is 0. The summed E-state index contributed by atoms with van der Waals surface area (Å²) in [6.07, 6.45) is -15.0. The van der Waals surface area contributed by atoms with Crippen molar-refractivity contribution in [2.75, 3.05) is 16.8 Å². The zero-order chi connectivity index (χ0) is 32.5. The van der Waals surface area contributed by atoms with E-state index >= 15 is 0 Å². The highest BCUT2D eigenvalue weighted by Crippen LogP contribution is 2.40. The van der Waals surface area contributed by atoms with Crippen molar-refractivity contribution >= 4 is 34.8 Å². The number of nitriles is 1. The monoisotopic (exact) mass is 621 g/mol. The molecular weight excluding hydrogens is 594 g/mol. The summed E-state index contributed by atoms with van der Waals surface area (Å²) < 4.78 is 98.1. The van der Waals surface area contributed by atoms with Crippen molar-refractivity contribution in [3.8, 4) is 6.07 Å². The number of fused-ring (bicyclic) bond motifs is 1. The van der Waals surface area contributed by atoms with Crippen LogP contribution in [0.5, 0.6) is 0 Å². The van der Waals surface area contributed by atoms with Crippen molar-refractivity contribution in [3.05, 3.63) is 53.6 Å². The minimum absolute atomic E-state index is 0.156. The number of hydrogen-bond acceptors (Lipinski definition) is 5. The predicted octanol–water partition coefficient (Wildman–Crippen LogP) is 5.86. The maximum atomic E-state index is 13.8. The van der Waals surface area contributed by atoms with Gasteiger partial charge in [0.15, 0.2) is 0 Å². The third kappa shape index (κ3) is 10.7. The fraction of sp³-hybridized carbons (Fsp3) is 0.407. The number of nitrogens with one attached hydrogen (secondary N) is 2. The SMILES string of the molecule is CCC(F)(F)F.N#Cc1cccc(N2CC(NC(=O)C(CCC(F)(F)F)CC(N)=O)C(=O)Nc3c(C(F)F)cccc32)c1.